The van der Waals surface area contributed by atoms with Gasteiger partial charge >= 0.3 is 6.09 Å². The van der Waals surface area contributed by atoms with Gasteiger partial charge in [-0.2, -0.15) is 5.10 Å². The Morgan fingerprint density at radius 3 is 2.49 bits per heavy atom. The van der Waals surface area contributed by atoms with Crippen molar-refractivity contribution in [2.24, 2.45) is 0 Å². The van der Waals surface area contributed by atoms with Crippen LogP contribution in [0.25, 0.3) is 22.4 Å². The van der Waals surface area contributed by atoms with Crippen LogP contribution >= 0.6 is 0 Å². The fourth-order valence-electron chi connectivity index (χ4n) is 6.86. The average molecular weight is 619 g/mol. The summed E-state index contributed by atoms with van der Waals surface area (Å²) < 4.78 is 24.8. The van der Waals surface area contributed by atoms with E-state index in [-0.39, 0.29) is 37.2 Å². The SMILES string of the molecule is COCOc1cc(-c2cnn(C3CCCCO3)c2)ccc1-c1ccc(N(C)C2C[C@H]3CCC[C@@H](C2)N3C(=O)OC(C)(C)C)nn1. The number of benzene rings is 1. The van der Waals surface area contributed by atoms with Crippen LogP contribution < -0.4 is 9.64 Å². The van der Waals surface area contributed by atoms with Crippen LogP contribution in [0.1, 0.15) is 78.4 Å². The summed E-state index contributed by atoms with van der Waals surface area (Å²) in [6, 6.07) is 10.7. The van der Waals surface area contributed by atoms with Crippen molar-refractivity contribution in [3.05, 3.63) is 42.7 Å². The number of fused-ring (bicyclic) bond motifs is 2. The third kappa shape index (κ3) is 7.09. The van der Waals surface area contributed by atoms with Crippen LogP contribution in [0.15, 0.2) is 42.7 Å². The number of piperidine rings is 2. The van der Waals surface area contributed by atoms with Gasteiger partial charge in [0.25, 0.3) is 0 Å². The van der Waals surface area contributed by atoms with Gasteiger partial charge in [0, 0.05) is 56.2 Å². The van der Waals surface area contributed by atoms with Gasteiger partial charge in [-0.05, 0) is 102 Å². The molecule has 3 aliphatic heterocycles. The second-order valence-electron chi connectivity index (χ2n) is 13.4. The highest BCUT2D eigenvalue weighted by Gasteiger charge is 2.43. The molecular formula is C34H46N6O5. The molecular weight excluding hydrogens is 572 g/mol. The highest BCUT2D eigenvalue weighted by atomic mass is 16.7. The van der Waals surface area contributed by atoms with Crippen molar-refractivity contribution in [2.45, 2.75) is 102 Å². The topological polar surface area (TPSA) is 104 Å². The van der Waals surface area contributed by atoms with Crippen molar-refractivity contribution in [1.29, 1.82) is 0 Å². The molecule has 0 N–H and O–H groups in total. The summed E-state index contributed by atoms with van der Waals surface area (Å²) in [5.41, 5.74) is 3.02. The normalized spacial score (nSPS) is 23.4. The average Bonchev–Trinajstić information content (AvgIpc) is 3.53. The first-order valence-corrected chi connectivity index (χ1v) is 16.2. The maximum absolute atomic E-state index is 13.0. The molecule has 0 aliphatic carbocycles. The van der Waals surface area contributed by atoms with Crippen LogP contribution in [-0.2, 0) is 14.2 Å². The number of amides is 1. The lowest BCUT2D eigenvalue weighted by atomic mass is 9.81. The summed E-state index contributed by atoms with van der Waals surface area (Å²) >= 11 is 0. The lowest BCUT2D eigenvalue weighted by Crippen LogP contribution is -2.59. The number of nitrogens with zero attached hydrogens (tertiary/aromatic N) is 6. The van der Waals surface area contributed by atoms with Gasteiger partial charge < -0.3 is 28.7 Å². The molecule has 11 heteroatoms. The van der Waals surface area contributed by atoms with Gasteiger partial charge in [0.1, 0.15) is 17.6 Å². The monoisotopic (exact) mass is 618 g/mol. The molecule has 242 valence electrons. The molecule has 45 heavy (non-hydrogen) atoms. The Hall–Kier alpha value is -3.70. The van der Waals surface area contributed by atoms with E-state index in [9.17, 15) is 4.79 Å². The van der Waals surface area contributed by atoms with E-state index in [1.54, 1.807) is 7.11 Å². The van der Waals surface area contributed by atoms with E-state index >= 15 is 0 Å². The number of hydrogen-bond donors (Lipinski definition) is 0. The van der Waals surface area contributed by atoms with E-state index in [0.29, 0.717) is 11.4 Å². The van der Waals surface area contributed by atoms with Crippen LogP contribution in [0.2, 0.25) is 0 Å². The summed E-state index contributed by atoms with van der Waals surface area (Å²) in [7, 11) is 3.68. The zero-order valence-corrected chi connectivity index (χ0v) is 27.1. The van der Waals surface area contributed by atoms with E-state index in [0.717, 1.165) is 80.5 Å². The van der Waals surface area contributed by atoms with E-state index in [2.05, 4.69) is 33.3 Å². The van der Waals surface area contributed by atoms with Crippen molar-refractivity contribution in [3.8, 4) is 28.1 Å². The summed E-state index contributed by atoms with van der Waals surface area (Å²) in [4.78, 5) is 17.3. The third-order valence-electron chi connectivity index (χ3n) is 9.09. The van der Waals surface area contributed by atoms with Crippen LogP contribution in [-0.4, -0.2) is 82.3 Å². The molecule has 3 fully saturated rings. The first kappa shape index (κ1) is 31.3. The second kappa shape index (κ2) is 13.3. The minimum absolute atomic E-state index is 0.0139. The Bertz CT molecular complexity index is 1430. The minimum atomic E-state index is -0.502. The molecule has 2 bridgehead atoms. The van der Waals surface area contributed by atoms with Gasteiger partial charge in [-0.25, -0.2) is 9.48 Å². The Morgan fingerprint density at radius 2 is 1.82 bits per heavy atom. The number of carbonyl (C=O) groups is 1. The number of hydrogen-bond acceptors (Lipinski definition) is 9. The summed E-state index contributed by atoms with van der Waals surface area (Å²) in [5.74, 6) is 1.47. The number of methoxy groups -OCH3 is 1. The zero-order chi connectivity index (χ0) is 31.6. The standard InChI is InChI=1S/C34H46N6O5/c1-34(2,3)45-33(41)40-25-9-8-10-26(40)19-27(18-25)38(4)31-15-14-29(36-37-31)28-13-12-23(17-30(28)44-22-42-5)24-20-35-39(21-24)32-11-6-7-16-43-32/h12-15,17,20-21,25-27,32H,6-11,16,18-19,22H2,1-5H3/t25-,26+,27?,32?. The van der Waals surface area contributed by atoms with Gasteiger partial charge in [-0.15, -0.1) is 10.2 Å². The maximum Gasteiger partial charge on any atom is 0.410 e. The molecule has 3 aromatic rings. The Labute approximate surface area is 265 Å². The minimum Gasteiger partial charge on any atom is -0.467 e. The van der Waals surface area contributed by atoms with Gasteiger partial charge in [-0.1, -0.05) is 6.07 Å². The fraction of sp³-hybridized carbons (Fsp3) is 0.588. The number of carbonyl (C=O) groups excluding carboxylic acids is 1. The predicted octanol–water partition coefficient (Wildman–Crippen LogP) is 6.45. The molecule has 6 rings (SSSR count). The smallest absolute Gasteiger partial charge is 0.410 e. The van der Waals surface area contributed by atoms with Crippen LogP contribution in [0.3, 0.4) is 0 Å². The Kier molecular flexibility index (Phi) is 9.28. The number of aromatic nitrogens is 4. The number of ether oxygens (including phenoxy) is 4. The van der Waals surface area contributed by atoms with Gasteiger partial charge in [0.15, 0.2) is 12.6 Å². The van der Waals surface area contributed by atoms with Crippen LogP contribution in [0, 0.1) is 0 Å². The first-order valence-electron chi connectivity index (χ1n) is 16.2. The molecule has 1 aromatic carbocycles. The van der Waals surface area contributed by atoms with Gasteiger partial charge in [0.05, 0.1) is 11.9 Å². The molecule has 0 saturated carbocycles. The molecule has 3 saturated heterocycles. The summed E-state index contributed by atoms with van der Waals surface area (Å²) in [6.45, 7) is 6.66. The first-order chi connectivity index (χ1) is 21.7. The van der Waals surface area contributed by atoms with Gasteiger partial charge in [-0.3, -0.25) is 0 Å². The summed E-state index contributed by atoms with van der Waals surface area (Å²) in [6.07, 6.45) is 11.8. The number of rotatable bonds is 8. The largest absolute Gasteiger partial charge is 0.467 e. The molecule has 2 unspecified atom stereocenters. The molecule has 1 amide bonds. The van der Waals surface area contributed by atoms with Crippen LogP contribution in [0.5, 0.6) is 5.75 Å². The molecule has 4 atom stereocenters. The van der Waals surface area contributed by atoms with Crippen molar-refractivity contribution < 1.29 is 23.7 Å². The molecule has 0 radical (unpaired) electrons. The quantitative estimate of drug-likeness (QED) is 0.264. The van der Waals surface area contributed by atoms with Crippen molar-refractivity contribution >= 4 is 11.9 Å². The third-order valence-corrected chi connectivity index (χ3v) is 9.09. The lowest BCUT2D eigenvalue weighted by Gasteiger charge is -2.50. The van der Waals surface area contributed by atoms with E-state index in [1.165, 1.54) is 0 Å². The Balaban J connectivity index is 1.17. The van der Waals surface area contributed by atoms with E-state index in [4.69, 9.17) is 18.9 Å². The van der Waals surface area contributed by atoms with Crippen LogP contribution in [0.4, 0.5) is 10.6 Å². The Morgan fingerprint density at radius 1 is 1.02 bits per heavy atom. The van der Waals surface area contributed by atoms with E-state index < -0.39 is 5.60 Å². The molecule has 3 aliphatic rings. The van der Waals surface area contributed by atoms with E-state index in [1.807, 2.05) is 67.0 Å². The summed E-state index contributed by atoms with van der Waals surface area (Å²) in [5, 5.41) is 13.8. The zero-order valence-electron chi connectivity index (χ0n) is 27.1. The highest BCUT2D eigenvalue weighted by Crippen LogP contribution is 2.38. The lowest BCUT2D eigenvalue weighted by molar-refractivity contribution is -0.0394. The molecule has 0 spiro atoms. The predicted molar refractivity (Wildman–Crippen MR) is 171 cm³/mol. The molecule has 11 nitrogen and oxygen atoms in total. The second-order valence-corrected chi connectivity index (χ2v) is 13.4. The van der Waals surface area contributed by atoms with Gasteiger partial charge in [0.2, 0.25) is 0 Å². The van der Waals surface area contributed by atoms with Crippen molar-refractivity contribution in [1.82, 2.24) is 24.9 Å². The van der Waals surface area contributed by atoms with Crippen molar-refractivity contribution in [2.75, 3.05) is 32.5 Å². The molecule has 2 aromatic heterocycles. The molecule has 5 heterocycles. The fourth-order valence-corrected chi connectivity index (χ4v) is 6.86. The van der Waals surface area contributed by atoms with Crippen molar-refractivity contribution in [3.63, 3.8) is 0 Å². The number of anilines is 1. The highest BCUT2D eigenvalue weighted by molar-refractivity contribution is 5.74. The maximum atomic E-state index is 13.0.